The SMILES string of the molecule is CCCN(CCO)C(=O)c1ccc(C(C)(C)C)cc1. The Kier molecular flexibility index (Phi) is 5.55. The maximum atomic E-state index is 12.3. The minimum Gasteiger partial charge on any atom is -0.395 e. The quantitative estimate of drug-likeness (QED) is 0.887. The highest BCUT2D eigenvalue weighted by Crippen LogP contribution is 2.22. The number of hydrogen-bond acceptors (Lipinski definition) is 2. The van der Waals surface area contributed by atoms with Crippen molar-refractivity contribution in [1.82, 2.24) is 4.90 Å². The molecule has 0 saturated carbocycles. The van der Waals surface area contributed by atoms with Crippen LogP contribution < -0.4 is 0 Å². The summed E-state index contributed by atoms with van der Waals surface area (Å²) in [6.07, 6.45) is 0.895. The van der Waals surface area contributed by atoms with Crippen molar-refractivity contribution in [3.63, 3.8) is 0 Å². The van der Waals surface area contributed by atoms with Crippen molar-refractivity contribution in [3.8, 4) is 0 Å². The molecular weight excluding hydrogens is 238 g/mol. The molecule has 1 rings (SSSR count). The maximum absolute atomic E-state index is 12.3. The third kappa shape index (κ3) is 4.35. The Morgan fingerprint density at radius 2 is 1.74 bits per heavy atom. The van der Waals surface area contributed by atoms with Gasteiger partial charge in [0.15, 0.2) is 0 Å². The zero-order valence-electron chi connectivity index (χ0n) is 12.4. The average molecular weight is 263 g/mol. The van der Waals surface area contributed by atoms with E-state index < -0.39 is 0 Å². The highest BCUT2D eigenvalue weighted by Gasteiger charge is 2.17. The van der Waals surface area contributed by atoms with Crippen molar-refractivity contribution in [2.24, 2.45) is 0 Å². The summed E-state index contributed by atoms with van der Waals surface area (Å²) in [5.41, 5.74) is 2.00. The van der Waals surface area contributed by atoms with Crippen molar-refractivity contribution in [1.29, 1.82) is 0 Å². The summed E-state index contributed by atoms with van der Waals surface area (Å²) >= 11 is 0. The van der Waals surface area contributed by atoms with E-state index in [-0.39, 0.29) is 17.9 Å². The lowest BCUT2D eigenvalue weighted by molar-refractivity contribution is 0.0722. The first kappa shape index (κ1) is 15.7. The van der Waals surface area contributed by atoms with E-state index in [1.807, 2.05) is 31.2 Å². The second-order valence-corrected chi connectivity index (χ2v) is 5.84. The number of nitrogens with zero attached hydrogens (tertiary/aromatic N) is 1. The summed E-state index contributed by atoms with van der Waals surface area (Å²) in [4.78, 5) is 14.0. The van der Waals surface area contributed by atoms with Crippen LogP contribution in [0.4, 0.5) is 0 Å². The van der Waals surface area contributed by atoms with E-state index in [9.17, 15) is 4.79 Å². The van der Waals surface area contributed by atoms with Gasteiger partial charge in [-0.3, -0.25) is 4.79 Å². The Hall–Kier alpha value is -1.35. The van der Waals surface area contributed by atoms with Crippen LogP contribution in [0, 0.1) is 0 Å². The molecule has 0 fully saturated rings. The molecule has 0 unspecified atom stereocenters. The summed E-state index contributed by atoms with van der Waals surface area (Å²) in [7, 11) is 0. The molecule has 19 heavy (non-hydrogen) atoms. The third-order valence-corrected chi connectivity index (χ3v) is 3.15. The fraction of sp³-hybridized carbons (Fsp3) is 0.562. The van der Waals surface area contributed by atoms with Crippen molar-refractivity contribution in [2.45, 2.75) is 39.5 Å². The van der Waals surface area contributed by atoms with Gasteiger partial charge in [0.05, 0.1) is 6.61 Å². The number of aliphatic hydroxyl groups is 1. The van der Waals surface area contributed by atoms with E-state index >= 15 is 0 Å². The van der Waals surface area contributed by atoms with Crippen molar-refractivity contribution in [3.05, 3.63) is 35.4 Å². The first-order chi connectivity index (χ1) is 8.90. The Bertz CT molecular complexity index is 398. The van der Waals surface area contributed by atoms with Crippen molar-refractivity contribution >= 4 is 5.91 Å². The van der Waals surface area contributed by atoms with E-state index in [1.165, 1.54) is 5.56 Å². The highest BCUT2D eigenvalue weighted by atomic mass is 16.3. The molecule has 0 aromatic heterocycles. The molecule has 0 bridgehead atoms. The van der Waals surface area contributed by atoms with Crippen LogP contribution in [0.2, 0.25) is 0 Å². The number of hydrogen-bond donors (Lipinski definition) is 1. The highest BCUT2D eigenvalue weighted by molar-refractivity contribution is 5.94. The number of carbonyl (C=O) groups excluding carboxylic acids is 1. The molecule has 0 aliphatic rings. The van der Waals surface area contributed by atoms with Crippen LogP contribution in [-0.4, -0.2) is 35.6 Å². The van der Waals surface area contributed by atoms with Gasteiger partial charge in [-0.1, -0.05) is 39.8 Å². The van der Waals surface area contributed by atoms with Gasteiger partial charge in [0.2, 0.25) is 0 Å². The van der Waals surface area contributed by atoms with E-state index in [2.05, 4.69) is 20.8 Å². The molecule has 1 amide bonds. The lowest BCUT2D eigenvalue weighted by Gasteiger charge is -2.22. The van der Waals surface area contributed by atoms with Gasteiger partial charge in [0.1, 0.15) is 0 Å². The average Bonchev–Trinajstić information content (AvgIpc) is 2.37. The maximum Gasteiger partial charge on any atom is 0.253 e. The summed E-state index contributed by atoms with van der Waals surface area (Å²) < 4.78 is 0. The van der Waals surface area contributed by atoms with E-state index in [1.54, 1.807) is 4.90 Å². The molecule has 1 N–H and O–H groups in total. The predicted octanol–water partition coefficient (Wildman–Crippen LogP) is 2.83. The second kappa shape index (κ2) is 6.71. The number of rotatable bonds is 5. The summed E-state index contributed by atoms with van der Waals surface area (Å²) in [6.45, 7) is 9.57. The summed E-state index contributed by atoms with van der Waals surface area (Å²) in [5.74, 6) is -0.00337. The minimum absolute atomic E-state index is 0.00337. The molecule has 0 spiro atoms. The van der Waals surface area contributed by atoms with Gasteiger partial charge in [0, 0.05) is 18.7 Å². The van der Waals surface area contributed by atoms with Crippen molar-refractivity contribution < 1.29 is 9.90 Å². The van der Waals surface area contributed by atoms with Gasteiger partial charge < -0.3 is 10.0 Å². The van der Waals surface area contributed by atoms with Crippen LogP contribution in [0.3, 0.4) is 0 Å². The number of carbonyl (C=O) groups is 1. The number of benzene rings is 1. The van der Waals surface area contributed by atoms with E-state index in [0.29, 0.717) is 18.7 Å². The Morgan fingerprint density at radius 3 is 2.16 bits per heavy atom. The lowest BCUT2D eigenvalue weighted by Crippen LogP contribution is -2.34. The normalized spacial score (nSPS) is 11.4. The minimum atomic E-state index is -0.00337. The number of amides is 1. The molecule has 0 heterocycles. The van der Waals surface area contributed by atoms with Crippen LogP contribution in [0.15, 0.2) is 24.3 Å². The third-order valence-electron chi connectivity index (χ3n) is 3.15. The lowest BCUT2D eigenvalue weighted by atomic mass is 9.86. The number of aliphatic hydroxyl groups excluding tert-OH is 1. The van der Waals surface area contributed by atoms with Crippen molar-refractivity contribution in [2.75, 3.05) is 19.7 Å². The first-order valence-corrected chi connectivity index (χ1v) is 6.90. The molecule has 3 nitrogen and oxygen atoms in total. The van der Waals surface area contributed by atoms with Gasteiger partial charge in [-0.15, -0.1) is 0 Å². The van der Waals surface area contributed by atoms with Crippen LogP contribution in [-0.2, 0) is 5.41 Å². The Labute approximate surface area is 116 Å². The summed E-state index contributed by atoms with van der Waals surface area (Å²) in [5, 5.41) is 9.02. The molecule has 0 saturated heterocycles. The smallest absolute Gasteiger partial charge is 0.253 e. The monoisotopic (exact) mass is 263 g/mol. The van der Waals surface area contributed by atoms with Gasteiger partial charge in [-0.2, -0.15) is 0 Å². The zero-order valence-corrected chi connectivity index (χ0v) is 12.4. The first-order valence-electron chi connectivity index (χ1n) is 6.90. The van der Waals surface area contributed by atoms with Gasteiger partial charge in [0.25, 0.3) is 5.91 Å². The topological polar surface area (TPSA) is 40.5 Å². The molecule has 1 aromatic carbocycles. The Morgan fingerprint density at radius 1 is 1.16 bits per heavy atom. The molecule has 0 atom stereocenters. The van der Waals surface area contributed by atoms with Gasteiger partial charge >= 0.3 is 0 Å². The van der Waals surface area contributed by atoms with Crippen LogP contribution in [0.5, 0.6) is 0 Å². The predicted molar refractivity (Wildman–Crippen MR) is 78.4 cm³/mol. The van der Waals surface area contributed by atoms with Crippen LogP contribution in [0.25, 0.3) is 0 Å². The zero-order chi connectivity index (χ0) is 14.5. The van der Waals surface area contributed by atoms with Gasteiger partial charge in [-0.05, 0) is 29.5 Å². The molecule has 1 aromatic rings. The molecule has 0 aliphatic heterocycles. The molecule has 0 radical (unpaired) electrons. The molecular formula is C16H25NO2. The van der Waals surface area contributed by atoms with E-state index in [4.69, 9.17) is 5.11 Å². The standard InChI is InChI=1S/C16H25NO2/c1-5-10-17(11-12-18)15(19)13-6-8-14(9-7-13)16(2,3)4/h6-9,18H,5,10-12H2,1-4H3. The summed E-state index contributed by atoms with van der Waals surface area (Å²) in [6, 6.07) is 7.78. The van der Waals surface area contributed by atoms with Crippen LogP contribution >= 0.6 is 0 Å². The molecule has 3 heteroatoms. The van der Waals surface area contributed by atoms with E-state index in [0.717, 1.165) is 6.42 Å². The fourth-order valence-electron chi connectivity index (χ4n) is 2.00. The molecule has 0 aliphatic carbocycles. The largest absolute Gasteiger partial charge is 0.395 e. The fourth-order valence-corrected chi connectivity index (χ4v) is 2.00. The van der Waals surface area contributed by atoms with Gasteiger partial charge in [-0.25, -0.2) is 0 Å². The second-order valence-electron chi connectivity index (χ2n) is 5.84. The molecule has 106 valence electrons. The van der Waals surface area contributed by atoms with Crippen LogP contribution in [0.1, 0.15) is 50.0 Å². The Balaban J connectivity index is 2.87.